The van der Waals surface area contributed by atoms with E-state index in [1.54, 1.807) is 18.4 Å². The van der Waals surface area contributed by atoms with Crippen LogP contribution in [0.15, 0.2) is 30.5 Å². The van der Waals surface area contributed by atoms with Crippen LogP contribution in [0.4, 0.5) is 0 Å². The second-order valence-corrected chi connectivity index (χ2v) is 5.86. The van der Waals surface area contributed by atoms with Gasteiger partial charge in [-0.2, -0.15) is 0 Å². The number of nitrogens with zero attached hydrogens (tertiary/aromatic N) is 1. The summed E-state index contributed by atoms with van der Waals surface area (Å²) in [5, 5.41) is 4.73. The molecule has 0 amide bonds. The zero-order valence-electron chi connectivity index (χ0n) is 12.3. The molecule has 0 aliphatic rings. The fourth-order valence-corrected chi connectivity index (χ4v) is 3.05. The first kappa shape index (κ1) is 15.0. The van der Waals surface area contributed by atoms with Gasteiger partial charge in [0.2, 0.25) is 0 Å². The molecule has 0 bridgehead atoms. The lowest BCUT2D eigenvalue weighted by Crippen LogP contribution is -2.20. The predicted octanol–water partition coefficient (Wildman–Crippen LogP) is 3.96. The molecule has 0 aliphatic carbocycles. The van der Waals surface area contributed by atoms with Gasteiger partial charge in [0.1, 0.15) is 10.8 Å². The summed E-state index contributed by atoms with van der Waals surface area (Å²) < 4.78 is 5.45. The number of thiazole rings is 1. The summed E-state index contributed by atoms with van der Waals surface area (Å²) in [4.78, 5) is 5.79. The molecule has 108 valence electrons. The molecule has 1 aromatic heterocycles. The SMILES string of the molecule is CCc1cnc(CNC(CC)c2ccccc2OC)s1. The Morgan fingerprint density at radius 1 is 1.30 bits per heavy atom. The second-order valence-electron chi connectivity index (χ2n) is 4.66. The Balaban J connectivity index is 2.05. The summed E-state index contributed by atoms with van der Waals surface area (Å²) in [5.41, 5.74) is 1.21. The zero-order valence-corrected chi connectivity index (χ0v) is 13.2. The number of aryl methyl sites for hydroxylation is 1. The van der Waals surface area contributed by atoms with Gasteiger partial charge in [-0.3, -0.25) is 0 Å². The van der Waals surface area contributed by atoms with E-state index in [1.807, 2.05) is 18.3 Å². The van der Waals surface area contributed by atoms with Gasteiger partial charge in [0.05, 0.1) is 7.11 Å². The molecule has 0 saturated heterocycles. The van der Waals surface area contributed by atoms with Gasteiger partial charge in [-0.05, 0) is 18.9 Å². The van der Waals surface area contributed by atoms with Crippen LogP contribution in [0.2, 0.25) is 0 Å². The lowest BCUT2D eigenvalue weighted by atomic mass is 10.0. The van der Waals surface area contributed by atoms with Crippen LogP contribution in [0.25, 0.3) is 0 Å². The summed E-state index contributed by atoms with van der Waals surface area (Å²) in [5.74, 6) is 0.945. The van der Waals surface area contributed by atoms with Crippen molar-refractivity contribution in [2.75, 3.05) is 7.11 Å². The molecular formula is C16H22N2OS. The molecule has 1 unspecified atom stereocenters. The first-order valence-electron chi connectivity index (χ1n) is 7.08. The van der Waals surface area contributed by atoms with Crippen molar-refractivity contribution < 1.29 is 4.74 Å². The van der Waals surface area contributed by atoms with Gasteiger partial charge in [-0.25, -0.2) is 4.98 Å². The maximum atomic E-state index is 5.45. The van der Waals surface area contributed by atoms with Gasteiger partial charge in [0, 0.05) is 29.2 Å². The van der Waals surface area contributed by atoms with Crippen LogP contribution in [0, 0.1) is 0 Å². The molecule has 4 heteroatoms. The first-order chi connectivity index (χ1) is 9.78. The lowest BCUT2D eigenvalue weighted by molar-refractivity contribution is 0.396. The molecule has 0 saturated carbocycles. The third-order valence-corrected chi connectivity index (χ3v) is 4.51. The Morgan fingerprint density at radius 3 is 2.75 bits per heavy atom. The van der Waals surface area contributed by atoms with E-state index in [0.717, 1.165) is 30.1 Å². The summed E-state index contributed by atoms with van der Waals surface area (Å²) in [6, 6.07) is 8.49. The van der Waals surface area contributed by atoms with E-state index in [1.165, 1.54) is 10.4 Å². The number of rotatable bonds is 7. The van der Waals surface area contributed by atoms with Gasteiger partial charge in [0.25, 0.3) is 0 Å². The molecular weight excluding hydrogens is 268 g/mol. The fraction of sp³-hybridized carbons (Fsp3) is 0.438. The number of hydrogen-bond acceptors (Lipinski definition) is 4. The monoisotopic (exact) mass is 290 g/mol. The van der Waals surface area contributed by atoms with E-state index in [9.17, 15) is 0 Å². The average molecular weight is 290 g/mol. The highest BCUT2D eigenvalue weighted by atomic mass is 32.1. The van der Waals surface area contributed by atoms with Crippen LogP contribution in [0.3, 0.4) is 0 Å². The molecule has 3 nitrogen and oxygen atoms in total. The molecule has 1 atom stereocenters. The zero-order chi connectivity index (χ0) is 14.4. The van der Waals surface area contributed by atoms with E-state index in [2.05, 4.69) is 36.3 Å². The highest BCUT2D eigenvalue weighted by molar-refractivity contribution is 7.11. The Labute approximate surface area is 125 Å². The van der Waals surface area contributed by atoms with Crippen molar-refractivity contribution in [2.24, 2.45) is 0 Å². The molecule has 0 spiro atoms. The normalized spacial score (nSPS) is 12.3. The van der Waals surface area contributed by atoms with Gasteiger partial charge < -0.3 is 10.1 Å². The Hall–Kier alpha value is -1.39. The molecule has 1 heterocycles. The molecule has 2 rings (SSSR count). The van der Waals surface area contributed by atoms with E-state index in [4.69, 9.17) is 4.74 Å². The molecule has 20 heavy (non-hydrogen) atoms. The average Bonchev–Trinajstić information content (AvgIpc) is 2.96. The topological polar surface area (TPSA) is 34.2 Å². The van der Waals surface area contributed by atoms with Crippen LogP contribution >= 0.6 is 11.3 Å². The minimum Gasteiger partial charge on any atom is -0.496 e. The highest BCUT2D eigenvalue weighted by Gasteiger charge is 2.14. The molecule has 1 N–H and O–H groups in total. The first-order valence-corrected chi connectivity index (χ1v) is 7.90. The Bertz CT molecular complexity index is 539. The van der Waals surface area contributed by atoms with Crippen molar-refractivity contribution in [1.82, 2.24) is 10.3 Å². The van der Waals surface area contributed by atoms with Crippen LogP contribution < -0.4 is 10.1 Å². The summed E-state index contributed by atoms with van der Waals surface area (Å²) in [6.07, 6.45) is 4.06. The Kier molecular flexibility index (Phi) is 5.56. The van der Waals surface area contributed by atoms with Crippen LogP contribution in [0.1, 0.15) is 41.8 Å². The van der Waals surface area contributed by atoms with Crippen molar-refractivity contribution in [2.45, 2.75) is 39.3 Å². The molecule has 0 aliphatic heterocycles. The van der Waals surface area contributed by atoms with Crippen molar-refractivity contribution in [3.05, 3.63) is 45.9 Å². The van der Waals surface area contributed by atoms with Gasteiger partial charge in [0.15, 0.2) is 0 Å². The molecule has 0 radical (unpaired) electrons. The van der Waals surface area contributed by atoms with Crippen molar-refractivity contribution in [3.63, 3.8) is 0 Å². The number of benzene rings is 1. The minimum absolute atomic E-state index is 0.292. The van der Waals surface area contributed by atoms with Crippen molar-refractivity contribution in [3.8, 4) is 5.75 Å². The van der Waals surface area contributed by atoms with Crippen molar-refractivity contribution >= 4 is 11.3 Å². The minimum atomic E-state index is 0.292. The Morgan fingerprint density at radius 2 is 2.10 bits per heavy atom. The number of nitrogens with one attached hydrogen (secondary N) is 1. The maximum Gasteiger partial charge on any atom is 0.123 e. The van der Waals surface area contributed by atoms with E-state index >= 15 is 0 Å². The molecule has 0 fully saturated rings. The summed E-state index contributed by atoms with van der Waals surface area (Å²) in [7, 11) is 1.72. The highest BCUT2D eigenvalue weighted by Crippen LogP contribution is 2.27. The van der Waals surface area contributed by atoms with E-state index in [0.29, 0.717) is 6.04 Å². The standard InChI is InChI=1S/C16H22N2OS/c1-4-12-10-18-16(20-12)11-17-14(5-2)13-8-6-7-9-15(13)19-3/h6-10,14,17H,4-5,11H2,1-3H3. The third kappa shape index (κ3) is 3.58. The largest absolute Gasteiger partial charge is 0.496 e. The van der Waals surface area contributed by atoms with Gasteiger partial charge in [-0.15, -0.1) is 11.3 Å². The smallest absolute Gasteiger partial charge is 0.123 e. The second kappa shape index (κ2) is 7.41. The lowest BCUT2D eigenvalue weighted by Gasteiger charge is -2.19. The summed E-state index contributed by atoms with van der Waals surface area (Å²) in [6.45, 7) is 5.15. The quantitative estimate of drug-likeness (QED) is 0.838. The van der Waals surface area contributed by atoms with Crippen LogP contribution in [-0.2, 0) is 13.0 Å². The number of methoxy groups -OCH3 is 1. The fourth-order valence-electron chi connectivity index (χ4n) is 2.23. The van der Waals surface area contributed by atoms with Crippen LogP contribution in [0.5, 0.6) is 5.75 Å². The van der Waals surface area contributed by atoms with Crippen LogP contribution in [-0.4, -0.2) is 12.1 Å². The maximum absolute atomic E-state index is 5.45. The van der Waals surface area contributed by atoms with Gasteiger partial charge in [-0.1, -0.05) is 32.0 Å². The van der Waals surface area contributed by atoms with E-state index in [-0.39, 0.29) is 0 Å². The molecule has 2 aromatic rings. The third-order valence-electron chi connectivity index (χ3n) is 3.37. The number of aromatic nitrogens is 1. The van der Waals surface area contributed by atoms with E-state index < -0.39 is 0 Å². The number of ether oxygens (including phenoxy) is 1. The summed E-state index contributed by atoms with van der Waals surface area (Å²) >= 11 is 1.79. The predicted molar refractivity (Wildman–Crippen MR) is 84.4 cm³/mol. The number of hydrogen-bond donors (Lipinski definition) is 1. The number of para-hydroxylation sites is 1. The molecule has 1 aromatic carbocycles. The van der Waals surface area contributed by atoms with Gasteiger partial charge >= 0.3 is 0 Å². The van der Waals surface area contributed by atoms with Crippen molar-refractivity contribution in [1.29, 1.82) is 0 Å².